The van der Waals surface area contributed by atoms with Crippen LogP contribution in [0.4, 0.5) is 5.69 Å². The second kappa shape index (κ2) is 5.78. The van der Waals surface area contributed by atoms with Crippen LogP contribution < -0.4 is 5.32 Å². The molecule has 1 unspecified atom stereocenters. The molecule has 1 aliphatic heterocycles. The predicted molar refractivity (Wildman–Crippen MR) is 88.1 cm³/mol. The molecule has 0 fully saturated rings. The summed E-state index contributed by atoms with van der Waals surface area (Å²) < 4.78 is 0.927. The first kappa shape index (κ1) is 13.3. The number of nitrogens with one attached hydrogen (secondary N) is 1. The quantitative estimate of drug-likeness (QED) is 0.764. The number of anilines is 1. The summed E-state index contributed by atoms with van der Waals surface area (Å²) >= 11 is 11.5. The summed E-state index contributed by atoms with van der Waals surface area (Å²) in [6.45, 7) is 0. The summed E-state index contributed by atoms with van der Waals surface area (Å²) in [7, 11) is 0. The minimum atomic E-state index is 0.364. The number of halogens is 2. The summed E-state index contributed by atoms with van der Waals surface area (Å²) in [4.78, 5) is 0. The number of hydrogen-bond acceptors (Lipinski definition) is 2. The zero-order valence-electron chi connectivity index (χ0n) is 10.2. The Morgan fingerprint density at radius 2 is 2.05 bits per heavy atom. The van der Waals surface area contributed by atoms with E-state index in [1.807, 2.05) is 30.0 Å². The van der Waals surface area contributed by atoms with E-state index in [4.69, 9.17) is 11.6 Å². The number of hydrogen-bond donors (Lipinski definition) is 1. The molecule has 4 heteroatoms. The van der Waals surface area contributed by atoms with E-state index in [9.17, 15) is 0 Å². The molecule has 3 rings (SSSR count). The molecule has 0 aliphatic carbocycles. The fraction of sp³-hybridized carbons (Fsp3) is 0.200. The monoisotopic (exact) mass is 353 g/mol. The van der Waals surface area contributed by atoms with Crippen molar-refractivity contribution in [1.29, 1.82) is 0 Å². The van der Waals surface area contributed by atoms with Crippen molar-refractivity contribution in [3.05, 3.63) is 63.1 Å². The van der Waals surface area contributed by atoms with Gasteiger partial charge in [0.15, 0.2) is 0 Å². The van der Waals surface area contributed by atoms with Crippen LogP contribution in [0.1, 0.15) is 17.2 Å². The summed E-state index contributed by atoms with van der Waals surface area (Å²) in [6, 6.07) is 15.0. The van der Waals surface area contributed by atoms with Crippen LogP contribution in [0, 0.1) is 0 Å². The average molecular weight is 355 g/mol. The molecule has 19 heavy (non-hydrogen) atoms. The van der Waals surface area contributed by atoms with Gasteiger partial charge in [0.25, 0.3) is 0 Å². The molecule has 1 heterocycles. The molecule has 0 aromatic heterocycles. The minimum Gasteiger partial charge on any atom is -0.377 e. The van der Waals surface area contributed by atoms with Gasteiger partial charge in [0.2, 0.25) is 0 Å². The molecule has 0 saturated carbocycles. The number of benzene rings is 2. The third-order valence-electron chi connectivity index (χ3n) is 3.23. The maximum Gasteiger partial charge on any atom is 0.0607 e. The maximum atomic E-state index is 6.03. The van der Waals surface area contributed by atoms with Gasteiger partial charge in [0.1, 0.15) is 0 Å². The van der Waals surface area contributed by atoms with Gasteiger partial charge >= 0.3 is 0 Å². The highest BCUT2D eigenvalue weighted by atomic mass is 79.9. The van der Waals surface area contributed by atoms with Gasteiger partial charge in [0, 0.05) is 21.7 Å². The van der Waals surface area contributed by atoms with Crippen molar-refractivity contribution in [1.82, 2.24) is 0 Å². The lowest BCUT2D eigenvalue weighted by Gasteiger charge is -2.27. The van der Waals surface area contributed by atoms with Crippen LogP contribution >= 0.6 is 39.3 Å². The Labute approximate surface area is 130 Å². The fourth-order valence-corrected chi connectivity index (χ4v) is 3.88. The molecule has 1 N–H and O–H groups in total. The van der Waals surface area contributed by atoms with Crippen LogP contribution in [0.3, 0.4) is 0 Å². The van der Waals surface area contributed by atoms with Crippen molar-refractivity contribution in [3.63, 3.8) is 0 Å². The summed E-state index contributed by atoms with van der Waals surface area (Å²) in [5.41, 5.74) is 3.94. The topological polar surface area (TPSA) is 12.0 Å². The zero-order chi connectivity index (χ0) is 13.2. The molecule has 0 bridgehead atoms. The molecular weight excluding hydrogens is 342 g/mol. The van der Waals surface area contributed by atoms with Crippen molar-refractivity contribution in [3.8, 4) is 0 Å². The molecule has 98 valence electrons. The molecule has 1 atom stereocenters. The lowest BCUT2D eigenvalue weighted by atomic mass is 10.0. The Balaban J connectivity index is 1.86. The van der Waals surface area contributed by atoms with Crippen molar-refractivity contribution in [2.24, 2.45) is 0 Å². The van der Waals surface area contributed by atoms with Crippen molar-refractivity contribution in [2.75, 3.05) is 11.1 Å². The number of thioether (sulfide) groups is 1. The van der Waals surface area contributed by atoms with E-state index in [0.717, 1.165) is 26.7 Å². The van der Waals surface area contributed by atoms with Crippen LogP contribution in [-0.2, 0) is 5.75 Å². The second-order valence-electron chi connectivity index (χ2n) is 4.54. The van der Waals surface area contributed by atoms with Gasteiger partial charge in [-0.3, -0.25) is 0 Å². The Hall–Kier alpha value is -0.640. The van der Waals surface area contributed by atoms with Crippen LogP contribution in [0.2, 0.25) is 5.02 Å². The Morgan fingerprint density at radius 1 is 1.21 bits per heavy atom. The lowest BCUT2D eigenvalue weighted by molar-refractivity contribution is 0.871. The molecule has 0 spiro atoms. The lowest BCUT2D eigenvalue weighted by Crippen LogP contribution is -2.18. The first-order valence-electron chi connectivity index (χ1n) is 6.11. The number of rotatable bonds is 2. The Kier molecular flexibility index (Phi) is 4.06. The molecular formula is C15H13BrClNS. The SMILES string of the molecule is Clc1ccc(NC2CSCc3ccccc32)cc1Br. The minimum absolute atomic E-state index is 0.364. The zero-order valence-corrected chi connectivity index (χ0v) is 13.4. The highest BCUT2D eigenvalue weighted by Gasteiger charge is 2.19. The normalized spacial score (nSPS) is 17.9. The molecule has 1 nitrogen and oxygen atoms in total. The third kappa shape index (κ3) is 2.93. The third-order valence-corrected chi connectivity index (χ3v) is 5.53. The average Bonchev–Trinajstić information content (AvgIpc) is 2.43. The summed E-state index contributed by atoms with van der Waals surface area (Å²) in [6.07, 6.45) is 0. The number of fused-ring (bicyclic) bond motifs is 1. The molecule has 0 radical (unpaired) electrons. The highest BCUT2D eigenvalue weighted by molar-refractivity contribution is 9.10. The van der Waals surface area contributed by atoms with E-state index < -0.39 is 0 Å². The standard InChI is InChI=1S/C15H13BrClNS/c16-13-7-11(5-6-14(13)17)18-15-9-19-8-10-3-1-2-4-12(10)15/h1-7,15,18H,8-9H2. The first-order chi connectivity index (χ1) is 9.24. The Morgan fingerprint density at radius 3 is 2.89 bits per heavy atom. The Bertz CT molecular complexity index is 602. The maximum absolute atomic E-state index is 6.03. The van der Waals surface area contributed by atoms with Crippen molar-refractivity contribution < 1.29 is 0 Å². The van der Waals surface area contributed by atoms with Crippen molar-refractivity contribution >= 4 is 45.0 Å². The van der Waals surface area contributed by atoms with Gasteiger partial charge in [-0.1, -0.05) is 35.9 Å². The van der Waals surface area contributed by atoms with Crippen LogP contribution in [0.25, 0.3) is 0 Å². The molecule has 0 amide bonds. The highest BCUT2D eigenvalue weighted by Crippen LogP contribution is 2.35. The molecule has 1 aliphatic rings. The fourth-order valence-electron chi connectivity index (χ4n) is 2.29. The molecule has 0 saturated heterocycles. The van der Waals surface area contributed by atoms with Gasteiger partial charge in [-0.2, -0.15) is 11.8 Å². The van der Waals surface area contributed by atoms with Crippen LogP contribution in [0.15, 0.2) is 46.9 Å². The van der Waals surface area contributed by atoms with E-state index in [0.29, 0.717) is 6.04 Å². The van der Waals surface area contributed by atoms with E-state index in [-0.39, 0.29) is 0 Å². The van der Waals surface area contributed by atoms with Crippen LogP contribution in [0.5, 0.6) is 0 Å². The van der Waals surface area contributed by atoms with Gasteiger partial charge in [0.05, 0.1) is 11.1 Å². The summed E-state index contributed by atoms with van der Waals surface area (Å²) in [5.74, 6) is 2.20. The van der Waals surface area contributed by atoms with E-state index in [1.54, 1.807) is 0 Å². The van der Waals surface area contributed by atoms with Gasteiger partial charge in [-0.15, -0.1) is 0 Å². The smallest absolute Gasteiger partial charge is 0.0607 e. The second-order valence-corrected chi connectivity index (χ2v) is 6.83. The predicted octanol–water partition coefficient (Wildman–Crippen LogP) is 5.50. The van der Waals surface area contributed by atoms with Gasteiger partial charge in [-0.25, -0.2) is 0 Å². The molecule has 2 aromatic rings. The van der Waals surface area contributed by atoms with Gasteiger partial charge in [-0.05, 0) is 45.3 Å². The first-order valence-corrected chi connectivity index (χ1v) is 8.44. The van der Waals surface area contributed by atoms with E-state index >= 15 is 0 Å². The van der Waals surface area contributed by atoms with Gasteiger partial charge < -0.3 is 5.32 Å². The van der Waals surface area contributed by atoms with Crippen LogP contribution in [-0.4, -0.2) is 5.75 Å². The molecule has 2 aromatic carbocycles. The largest absolute Gasteiger partial charge is 0.377 e. The van der Waals surface area contributed by atoms with E-state index in [2.05, 4.69) is 45.5 Å². The van der Waals surface area contributed by atoms with Crippen molar-refractivity contribution in [2.45, 2.75) is 11.8 Å². The summed E-state index contributed by atoms with van der Waals surface area (Å²) in [5, 5.41) is 4.34. The van der Waals surface area contributed by atoms with E-state index in [1.165, 1.54) is 11.1 Å².